The van der Waals surface area contributed by atoms with E-state index in [1.54, 1.807) is 11.0 Å². The summed E-state index contributed by atoms with van der Waals surface area (Å²) in [6.07, 6.45) is 0.937. The number of benzene rings is 1. The standard InChI is InChI=1S/C13H12F2N2O3/c14-13(15)2-4-16(5-3-13)11-8-10(17(18)19)7-9-1-6-20-12(9)11/h1,6-8H,2-5H2. The van der Waals surface area contributed by atoms with E-state index in [2.05, 4.69) is 0 Å². The van der Waals surface area contributed by atoms with Crippen molar-refractivity contribution in [3.05, 3.63) is 34.6 Å². The Bertz CT molecular complexity index is 659. The molecule has 0 bridgehead atoms. The number of alkyl halides is 2. The third-order valence-corrected chi connectivity index (χ3v) is 3.56. The van der Waals surface area contributed by atoms with Gasteiger partial charge in [-0.15, -0.1) is 0 Å². The van der Waals surface area contributed by atoms with Crippen LogP contribution in [0, 0.1) is 10.1 Å². The first-order chi connectivity index (χ1) is 9.46. The molecule has 0 atom stereocenters. The summed E-state index contributed by atoms with van der Waals surface area (Å²) in [5.74, 6) is -2.65. The molecule has 2 heterocycles. The molecule has 2 aromatic rings. The van der Waals surface area contributed by atoms with Gasteiger partial charge in [-0.3, -0.25) is 10.1 Å². The van der Waals surface area contributed by atoms with Crippen molar-refractivity contribution in [1.29, 1.82) is 0 Å². The van der Waals surface area contributed by atoms with Crippen LogP contribution in [0.4, 0.5) is 20.2 Å². The fourth-order valence-corrected chi connectivity index (χ4v) is 2.46. The second-order valence-corrected chi connectivity index (χ2v) is 4.90. The summed E-state index contributed by atoms with van der Waals surface area (Å²) >= 11 is 0. The molecule has 0 unspecified atom stereocenters. The van der Waals surface area contributed by atoms with E-state index < -0.39 is 10.8 Å². The Morgan fingerprint density at radius 1 is 1.30 bits per heavy atom. The first-order valence-electron chi connectivity index (χ1n) is 6.25. The van der Waals surface area contributed by atoms with Gasteiger partial charge >= 0.3 is 0 Å². The zero-order chi connectivity index (χ0) is 14.3. The van der Waals surface area contributed by atoms with Crippen LogP contribution in [0.15, 0.2) is 28.9 Å². The van der Waals surface area contributed by atoms with Crippen LogP contribution >= 0.6 is 0 Å². The Morgan fingerprint density at radius 2 is 2.00 bits per heavy atom. The monoisotopic (exact) mass is 282 g/mol. The number of halogens is 2. The second kappa shape index (κ2) is 4.43. The van der Waals surface area contributed by atoms with E-state index in [9.17, 15) is 18.9 Å². The largest absolute Gasteiger partial charge is 0.462 e. The van der Waals surface area contributed by atoms with E-state index in [1.165, 1.54) is 18.4 Å². The van der Waals surface area contributed by atoms with E-state index in [-0.39, 0.29) is 31.6 Å². The summed E-state index contributed by atoms with van der Waals surface area (Å²) in [5.41, 5.74) is 0.946. The highest BCUT2D eigenvalue weighted by Crippen LogP contribution is 2.36. The highest BCUT2D eigenvalue weighted by molar-refractivity contribution is 5.92. The Morgan fingerprint density at radius 3 is 2.65 bits per heavy atom. The fourth-order valence-electron chi connectivity index (χ4n) is 2.46. The van der Waals surface area contributed by atoms with Crippen molar-refractivity contribution >= 4 is 22.3 Å². The molecule has 0 amide bonds. The average molecular weight is 282 g/mol. The van der Waals surface area contributed by atoms with Crippen molar-refractivity contribution in [1.82, 2.24) is 0 Å². The highest BCUT2D eigenvalue weighted by Gasteiger charge is 2.35. The van der Waals surface area contributed by atoms with Crippen molar-refractivity contribution < 1.29 is 18.1 Å². The maximum absolute atomic E-state index is 13.2. The predicted molar refractivity (Wildman–Crippen MR) is 69.3 cm³/mol. The van der Waals surface area contributed by atoms with Gasteiger partial charge in [0.05, 0.1) is 16.9 Å². The minimum atomic E-state index is -2.65. The minimum Gasteiger partial charge on any atom is -0.462 e. The molecule has 0 saturated carbocycles. The third kappa shape index (κ3) is 2.19. The van der Waals surface area contributed by atoms with Gasteiger partial charge < -0.3 is 9.32 Å². The molecule has 7 heteroatoms. The normalized spacial score (nSPS) is 18.4. The lowest BCUT2D eigenvalue weighted by atomic mass is 10.1. The molecule has 5 nitrogen and oxygen atoms in total. The minimum absolute atomic E-state index is 0.0637. The molecule has 3 rings (SSSR count). The Labute approximate surface area is 112 Å². The van der Waals surface area contributed by atoms with Gasteiger partial charge in [0.25, 0.3) is 11.6 Å². The molecule has 1 aromatic heterocycles. The van der Waals surface area contributed by atoms with Gasteiger partial charge in [0.15, 0.2) is 5.58 Å². The van der Waals surface area contributed by atoms with Crippen molar-refractivity contribution in [2.24, 2.45) is 0 Å². The van der Waals surface area contributed by atoms with Crippen molar-refractivity contribution in [2.45, 2.75) is 18.8 Å². The topological polar surface area (TPSA) is 59.5 Å². The van der Waals surface area contributed by atoms with Crippen LogP contribution < -0.4 is 4.90 Å². The summed E-state index contributed by atoms with van der Waals surface area (Å²) in [6, 6.07) is 4.43. The SMILES string of the molecule is O=[N+]([O-])c1cc(N2CCC(F)(F)CC2)c2occc2c1. The van der Waals surface area contributed by atoms with Crippen LogP contribution in [-0.4, -0.2) is 23.9 Å². The molecule has 1 saturated heterocycles. The summed E-state index contributed by atoms with van der Waals surface area (Å²) in [5, 5.41) is 11.5. The summed E-state index contributed by atoms with van der Waals surface area (Å²) in [6.45, 7) is 0.313. The lowest BCUT2D eigenvalue weighted by Crippen LogP contribution is -2.39. The van der Waals surface area contributed by atoms with Gasteiger partial charge in [0.2, 0.25) is 0 Å². The van der Waals surface area contributed by atoms with Crippen molar-refractivity contribution in [3.63, 3.8) is 0 Å². The molecular weight excluding hydrogens is 270 g/mol. The molecule has 106 valence electrons. The number of rotatable bonds is 2. The number of non-ortho nitro benzene ring substituents is 1. The predicted octanol–water partition coefficient (Wildman–Crippen LogP) is 3.58. The lowest BCUT2D eigenvalue weighted by Gasteiger charge is -2.33. The van der Waals surface area contributed by atoms with Crippen LogP contribution in [0.25, 0.3) is 11.0 Å². The molecule has 0 aliphatic carbocycles. The maximum Gasteiger partial charge on any atom is 0.272 e. The van der Waals surface area contributed by atoms with Crippen LogP contribution in [-0.2, 0) is 0 Å². The van der Waals surface area contributed by atoms with Gasteiger partial charge in [-0.25, -0.2) is 8.78 Å². The summed E-state index contributed by atoms with van der Waals surface area (Å²) < 4.78 is 31.7. The number of piperidine rings is 1. The molecule has 1 fully saturated rings. The number of furan rings is 1. The molecule has 1 aliphatic heterocycles. The highest BCUT2D eigenvalue weighted by atomic mass is 19.3. The third-order valence-electron chi connectivity index (χ3n) is 3.56. The second-order valence-electron chi connectivity index (χ2n) is 4.90. The molecule has 1 aliphatic rings. The van der Waals surface area contributed by atoms with E-state index in [0.29, 0.717) is 16.7 Å². The maximum atomic E-state index is 13.2. The van der Waals surface area contributed by atoms with E-state index in [0.717, 1.165) is 0 Å². The van der Waals surface area contributed by atoms with E-state index in [4.69, 9.17) is 4.42 Å². The van der Waals surface area contributed by atoms with Crippen LogP contribution in [0.1, 0.15) is 12.8 Å². The number of hydrogen-bond acceptors (Lipinski definition) is 4. The fraction of sp³-hybridized carbons (Fsp3) is 0.385. The summed E-state index contributed by atoms with van der Waals surface area (Å²) in [7, 11) is 0. The molecule has 0 spiro atoms. The quantitative estimate of drug-likeness (QED) is 0.624. The Kier molecular flexibility index (Phi) is 2.84. The molecule has 0 N–H and O–H groups in total. The van der Waals surface area contributed by atoms with Crippen molar-refractivity contribution in [3.8, 4) is 0 Å². The molecule has 1 aromatic carbocycles. The Hall–Kier alpha value is -2.18. The van der Waals surface area contributed by atoms with Gasteiger partial charge in [0.1, 0.15) is 0 Å². The van der Waals surface area contributed by atoms with Crippen LogP contribution in [0.3, 0.4) is 0 Å². The van der Waals surface area contributed by atoms with E-state index in [1.807, 2.05) is 0 Å². The number of nitro groups is 1. The van der Waals surface area contributed by atoms with Crippen LogP contribution in [0.2, 0.25) is 0 Å². The first-order valence-corrected chi connectivity index (χ1v) is 6.25. The van der Waals surface area contributed by atoms with Gasteiger partial charge in [-0.1, -0.05) is 0 Å². The number of fused-ring (bicyclic) bond motifs is 1. The van der Waals surface area contributed by atoms with E-state index >= 15 is 0 Å². The zero-order valence-corrected chi connectivity index (χ0v) is 10.5. The number of hydrogen-bond donors (Lipinski definition) is 0. The van der Waals surface area contributed by atoms with Crippen LogP contribution in [0.5, 0.6) is 0 Å². The molecule has 20 heavy (non-hydrogen) atoms. The summed E-state index contributed by atoms with van der Waals surface area (Å²) in [4.78, 5) is 12.2. The first kappa shape index (κ1) is 12.8. The smallest absolute Gasteiger partial charge is 0.272 e. The Balaban J connectivity index is 2.02. The van der Waals surface area contributed by atoms with Gasteiger partial charge in [-0.05, 0) is 6.07 Å². The van der Waals surface area contributed by atoms with Gasteiger partial charge in [0, 0.05) is 43.5 Å². The van der Waals surface area contributed by atoms with Crippen molar-refractivity contribution in [2.75, 3.05) is 18.0 Å². The zero-order valence-electron chi connectivity index (χ0n) is 10.5. The number of nitro benzene ring substituents is 1. The number of nitrogens with zero attached hydrogens (tertiary/aromatic N) is 2. The average Bonchev–Trinajstić information content (AvgIpc) is 2.85. The molecular formula is C13H12F2N2O3. The molecule has 0 radical (unpaired) electrons. The number of anilines is 1. The lowest BCUT2D eigenvalue weighted by molar-refractivity contribution is -0.384. The van der Waals surface area contributed by atoms with Gasteiger partial charge in [-0.2, -0.15) is 0 Å².